The number of pyridine rings is 1. The number of aromatic nitrogens is 2. The van der Waals surface area contributed by atoms with Gasteiger partial charge in [0, 0.05) is 40.4 Å². The molecule has 0 atom stereocenters. The molecule has 36 heavy (non-hydrogen) atoms. The van der Waals surface area contributed by atoms with Crippen LogP contribution in [0.2, 0.25) is 0 Å². The van der Waals surface area contributed by atoms with Crippen LogP contribution in [0.1, 0.15) is 41.3 Å². The van der Waals surface area contributed by atoms with Gasteiger partial charge >= 0.3 is 12.4 Å². The maximum atomic E-state index is 13.1. The Kier molecular flexibility index (Phi) is 6.88. The average Bonchev–Trinajstić information content (AvgIpc) is 3.46. The number of fused-ring (bicyclic) bond motifs is 2. The summed E-state index contributed by atoms with van der Waals surface area (Å²) in [4.78, 5) is 7.41. The van der Waals surface area contributed by atoms with E-state index in [-0.39, 0.29) is 5.69 Å². The summed E-state index contributed by atoms with van der Waals surface area (Å²) in [5.41, 5.74) is 5.14. The standard InChI is InChI=1S/C16H13F6N3.C10H11N/c17-15(18,19)10-6-8(7-11(14(10)23)16(20,21)22)25-13-4-5-24-12-3-1-2-9(12)13;1-2-8-7-11-10-6-4-3-5-9(8)10/h4-7H,1-3,23H2,(H,24,25);3-7,11H,2H2,1H3. The number of H-pyrrole nitrogens is 1. The van der Waals surface area contributed by atoms with Crippen molar-refractivity contribution in [2.75, 3.05) is 11.1 Å². The Morgan fingerprint density at radius 2 is 1.64 bits per heavy atom. The van der Waals surface area contributed by atoms with Crippen molar-refractivity contribution in [1.29, 1.82) is 0 Å². The zero-order chi connectivity index (χ0) is 26.1. The van der Waals surface area contributed by atoms with E-state index in [2.05, 4.69) is 52.7 Å². The molecule has 0 amide bonds. The fourth-order valence-corrected chi connectivity index (χ4v) is 4.35. The number of nitrogens with zero attached hydrogens (tertiary/aromatic N) is 1. The van der Waals surface area contributed by atoms with Crippen molar-refractivity contribution in [2.45, 2.75) is 45.0 Å². The first-order valence-corrected chi connectivity index (χ1v) is 11.4. The molecule has 0 saturated carbocycles. The molecule has 10 heteroatoms. The first kappa shape index (κ1) is 25.4. The Bertz CT molecular complexity index is 1340. The number of rotatable bonds is 3. The normalized spacial score (nSPS) is 13.3. The van der Waals surface area contributed by atoms with Crippen molar-refractivity contribution in [3.05, 3.63) is 82.8 Å². The van der Waals surface area contributed by atoms with Gasteiger partial charge in [-0.15, -0.1) is 0 Å². The Morgan fingerprint density at radius 1 is 0.972 bits per heavy atom. The molecule has 1 aliphatic carbocycles. The molecular weight excluding hydrogens is 482 g/mol. The van der Waals surface area contributed by atoms with Crippen molar-refractivity contribution in [3.63, 3.8) is 0 Å². The van der Waals surface area contributed by atoms with E-state index in [4.69, 9.17) is 5.73 Å². The topological polar surface area (TPSA) is 66.7 Å². The van der Waals surface area contributed by atoms with Gasteiger partial charge in [0.05, 0.1) is 16.8 Å². The molecule has 1 aliphatic rings. The number of hydrogen-bond donors (Lipinski definition) is 3. The van der Waals surface area contributed by atoms with Gasteiger partial charge in [-0.2, -0.15) is 26.3 Å². The highest BCUT2D eigenvalue weighted by molar-refractivity contribution is 5.83. The van der Waals surface area contributed by atoms with Gasteiger partial charge < -0.3 is 16.0 Å². The summed E-state index contributed by atoms with van der Waals surface area (Å²) in [6.45, 7) is 2.18. The van der Waals surface area contributed by atoms with E-state index in [0.29, 0.717) is 24.2 Å². The molecule has 0 fully saturated rings. The van der Waals surface area contributed by atoms with Crippen molar-refractivity contribution in [3.8, 4) is 0 Å². The van der Waals surface area contributed by atoms with E-state index < -0.39 is 29.2 Å². The van der Waals surface area contributed by atoms with Crippen LogP contribution in [-0.4, -0.2) is 9.97 Å². The lowest BCUT2D eigenvalue weighted by atomic mass is 10.0. The fraction of sp³-hybridized carbons (Fsp3) is 0.269. The Balaban J connectivity index is 0.000000229. The third-order valence-corrected chi connectivity index (χ3v) is 6.11. The number of aromatic amines is 1. The van der Waals surface area contributed by atoms with Crippen LogP contribution in [0.25, 0.3) is 10.9 Å². The third kappa shape index (κ3) is 5.27. The van der Waals surface area contributed by atoms with E-state index >= 15 is 0 Å². The molecule has 0 bridgehead atoms. The van der Waals surface area contributed by atoms with Crippen LogP contribution in [-0.2, 0) is 31.6 Å². The van der Waals surface area contributed by atoms with Gasteiger partial charge in [0.2, 0.25) is 0 Å². The number of benzene rings is 2. The van der Waals surface area contributed by atoms with E-state index in [9.17, 15) is 26.3 Å². The number of nitrogen functional groups attached to an aromatic ring is 1. The summed E-state index contributed by atoms with van der Waals surface area (Å²) >= 11 is 0. The minimum atomic E-state index is -5.00. The molecule has 190 valence electrons. The first-order valence-electron chi connectivity index (χ1n) is 11.4. The molecule has 4 aromatic rings. The number of nitrogens with two attached hydrogens (primary N) is 1. The van der Waals surface area contributed by atoms with Crippen molar-refractivity contribution in [1.82, 2.24) is 9.97 Å². The lowest BCUT2D eigenvalue weighted by Gasteiger charge is -2.19. The zero-order valence-corrected chi connectivity index (χ0v) is 19.3. The van der Waals surface area contributed by atoms with Gasteiger partial charge in [-0.1, -0.05) is 25.1 Å². The molecule has 4 nitrogen and oxygen atoms in total. The summed E-state index contributed by atoms with van der Waals surface area (Å²) in [7, 11) is 0. The minimum Gasteiger partial charge on any atom is -0.398 e. The Morgan fingerprint density at radius 3 is 2.28 bits per heavy atom. The van der Waals surface area contributed by atoms with Gasteiger partial charge in [-0.25, -0.2) is 0 Å². The quantitative estimate of drug-likeness (QED) is 0.197. The number of hydrogen-bond acceptors (Lipinski definition) is 3. The van der Waals surface area contributed by atoms with E-state index in [1.807, 2.05) is 0 Å². The van der Waals surface area contributed by atoms with Crippen LogP contribution >= 0.6 is 0 Å². The average molecular weight is 506 g/mol. The fourth-order valence-electron chi connectivity index (χ4n) is 4.35. The van der Waals surface area contributed by atoms with Crippen LogP contribution in [0.5, 0.6) is 0 Å². The molecule has 2 aromatic carbocycles. The second kappa shape index (κ2) is 9.75. The van der Waals surface area contributed by atoms with Crippen molar-refractivity contribution < 1.29 is 26.3 Å². The second-order valence-corrected chi connectivity index (χ2v) is 8.46. The molecular formula is C26H24F6N4. The maximum Gasteiger partial charge on any atom is 0.418 e. The highest BCUT2D eigenvalue weighted by atomic mass is 19.4. The summed E-state index contributed by atoms with van der Waals surface area (Å²) in [6.07, 6.45) is -3.10. The molecule has 0 unspecified atom stereocenters. The van der Waals surface area contributed by atoms with Gasteiger partial charge in [-0.05, 0) is 61.1 Å². The van der Waals surface area contributed by atoms with Gasteiger partial charge in [0.1, 0.15) is 0 Å². The van der Waals surface area contributed by atoms with Gasteiger partial charge in [0.15, 0.2) is 0 Å². The molecule has 0 aliphatic heterocycles. The summed E-state index contributed by atoms with van der Waals surface area (Å²) in [5.74, 6) is 0. The predicted molar refractivity (Wildman–Crippen MR) is 128 cm³/mol. The summed E-state index contributed by atoms with van der Waals surface area (Å²) in [5, 5.41) is 4.02. The number of para-hydroxylation sites is 1. The lowest BCUT2D eigenvalue weighted by Crippen LogP contribution is -2.16. The van der Waals surface area contributed by atoms with Crippen LogP contribution in [0.3, 0.4) is 0 Å². The maximum absolute atomic E-state index is 13.1. The smallest absolute Gasteiger partial charge is 0.398 e. The highest BCUT2D eigenvalue weighted by Crippen LogP contribution is 2.43. The van der Waals surface area contributed by atoms with E-state index in [1.165, 1.54) is 28.7 Å². The second-order valence-electron chi connectivity index (χ2n) is 8.46. The molecule has 2 aromatic heterocycles. The molecule has 4 N–H and O–H groups in total. The minimum absolute atomic E-state index is 0.325. The number of halogens is 6. The lowest BCUT2D eigenvalue weighted by molar-refractivity contribution is -0.141. The van der Waals surface area contributed by atoms with Crippen LogP contribution in [0.4, 0.5) is 43.4 Å². The SMILES string of the molecule is CCc1c[nH]c2ccccc12.Nc1c(C(F)(F)F)cc(Nc2ccnc3c2CCC3)cc1C(F)(F)F. The molecule has 0 spiro atoms. The van der Waals surface area contributed by atoms with Crippen LogP contribution in [0, 0.1) is 0 Å². The van der Waals surface area contributed by atoms with Gasteiger partial charge in [0.25, 0.3) is 0 Å². The predicted octanol–water partition coefficient (Wildman–Crippen LogP) is 7.66. The largest absolute Gasteiger partial charge is 0.418 e. The Hall–Kier alpha value is -3.69. The van der Waals surface area contributed by atoms with E-state index in [0.717, 1.165) is 30.5 Å². The number of anilines is 3. The monoisotopic (exact) mass is 506 g/mol. The zero-order valence-electron chi connectivity index (χ0n) is 19.3. The molecule has 5 rings (SSSR count). The number of nitrogens with one attached hydrogen (secondary N) is 2. The highest BCUT2D eigenvalue weighted by Gasteiger charge is 2.40. The van der Waals surface area contributed by atoms with Crippen molar-refractivity contribution >= 4 is 28.0 Å². The summed E-state index contributed by atoms with van der Waals surface area (Å²) in [6, 6.07) is 11.1. The van der Waals surface area contributed by atoms with Crippen LogP contribution < -0.4 is 11.1 Å². The summed E-state index contributed by atoms with van der Waals surface area (Å²) < 4.78 is 78.4. The number of aryl methyl sites for hydroxylation is 2. The molecule has 0 radical (unpaired) electrons. The van der Waals surface area contributed by atoms with Crippen molar-refractivity contribution in [2.24, 2.45) is 0 Å². The third-order valence-electron chi connectivity index (χ3n) is 6.11. The Labute approximate surface area is 203 Å². The van der Waals surface area contributed by atoms with Crippen LogP contribution in [0.15, 0.2) is 54.9 Å². The van der Waals surface area contributed by atoms with E-state index in [1.54, 1.807) is 0 Å². The van der Waals surface area contributed by atoms with Gasteiger partial charge in [-0.3, -0.25) is 4.98 Å². The number of alkyl halides is 6. The molecule has 0 saturated heterocycles. The first-order chi connectivity index (χ1) is 17.0. The molecule has 2 heterocycles.